The molecule has 3 amide bonds. The molecular weight excluding hydrogens is 356 g/mol. The number of carbonyl (C=O) groups excluding carboxylic acids is 3. The van der Waals surface area contributed by atoms with Crippen LogP contribution in [-0.4, -0.2) is 59.2 Å². The lowest BCUT2D eigenvalue weighted by Crippen LogP contribution is -2.52. The van der Waals surface area contributed by atoms with Crippen molar-refractivity contribution in [3.63, 3.8) is 0 Å². The Kier molecular flexibility index (Phi) is 4.97. The zero-order chi connectivity index (χ0) is 19.9. The van der Waals surface area contributed by atoms with E-state index in [-0.39, 0.29) is 29.7 Å². The average molecular weight is 384 g/mol. The fraction of sp³-hybridized carbons (Fsp3) is 0.571. The predicted octanol–water partition coefficient (Wildman–Crippen LogP) is 1.02. The van der Waals surface area contributed by atoms with Crippen LogP contribution in [0.5, 0.6) is 0 Å². The van der Waals surface area contributed by atoms with Crippen molar-refractivity contribution in [2.45, 2.75) is 57.3 Å². The van der Waals surface area contributed by atoms with Crippen molar-refractivity contribution in [1.82, 2.24) is 20.4 Å². The Hall–Kier alpha value is -2.25. The summed E-state index contributed by atoms with van der Waals surface area (Å²) in [7, 11) is 2.03. The first-order valence-electron chi connectivity index (χ1n) is 10.1. The number of hydrogen-bond acceptors (Lipinski definition) is 5. The molecule has 3 heterocycles. The molecule has 0 radical (unpaired) electrons. The van der Waals surface area contributed by atoms with Crippen molar-refractivity contribution in [2.24, 2.45) is 0 Å². The van der Waals surface area contributed by atoms with Gasteiger partial charge in [0.25, 0.3) is 5.91 Å². The van der Waals surface area contributed by atoms with Gasteiger partial charge in [-0.3, -0.25) is 24.6 Å². The molecule has 0 bridgehead atoms. The number of carbonyl (C=O) groups is 3. The highest BCUT2D eigenvalue weighted by atomic mass is 16.2. The summed E-state index contributed by atoms with van der Waals surface area (Å²) in [6.45, 7) is 5.69. The van der Waals surface area contributed by atoms with Crippen LogP contribution in [-0.2, 0) is 22.7 Å². The second-order valence-electron chi connectivity index (χ2n) is 8.48. The number of benzene rings is 1. The van der Waals surface area contributed by atoms with Crippen molar-refractivity contribution in [3.05, 3.63) is 34.9 Å². The smallest absolute Gasteiger partial charge is 0.255 e. The van der Waals surface area contributed by atoms with E-state index in [1.165, 1.54) is 5.56 Å². The highest BCUT2D eigenvalue weighted by Gasteiger charge is 2.39. The number of nitrogens with zero attached hydrogens (tertiary/aromatic N) is 2. The van der Waals surface area contributed by atoms with Crippen LogP contribution in [0, 0.1) is 0 Å². The van der Waals surface area contributed by atoms with Crippen LogP contribution in [0.3, 0.4) is 0 Å². The van der Waals surface area contributed by atoms with E-state index >= 15 is 0 Å². The van der Waals surface area contributed by atoms with Gasteiger partial charge in [-0.15, -0.1) is 0 Å². The van der Waals surface area contributed by atoms with E-state index in [0.29, 0.717) is 18.5 Å². The maximum Gasteiger partial charge on any atom is 0.255 e. The summed E-state index contributed by atoms with van der Waals surface area (Å²) in [4.78, 5) is 40.4. The maximum atomic E-state index is 12.8. The second kappa shape index (κ2) is 7.29. The topological polar surface area (TPSA) is 81.8 Å². The molecule has 7 heteroatoms. The molecule has 3 aliphatic rings. The number of nitrogens with one attached hydrogen (secondary N) is 2. The van der Waals surface area contributed by atoms with Crippen LogP contribution >= 0.6 is 0 Å². The largest absolute Gasteiger partial charge is 0.322 e. The van der Waals surface area contributed by atoms with Crippen LogP contribution in [0.1, 0.15) is 54.1 Å². The van der Waals surface area contributed by atoms with E-state index in [1.807, 2.05) is 19.2 Å². The van der Waals surface area contributed by atoms with E-state index in [2.05, 4.69) is 28.5 Å². The van der Waals surface area contributed by atoms with E-state index < -0.39 is 6.04 Å². The van der Waals surface area contributed by atoms with E-state index in [1.54, 1.807) is 4.90 Å². The summed E-state index contributed by atoms with van der Waals surface area (Å²) >= 11 is 0. The minimum atomic E-state index is -0.553. The van der Waals surface area contributed by atoms with Crippen molar-refractivity contribution >= 4 is 17.7 Å². The van der Waals surface area contributed by atoms with Crippen LogP contribution < -0.4 is 10.6 Å². The Balaban J connectivity index is 1.43. The molecule has 1 aromatic rings. The van der Waals surface area contributed by atoms with Gasteiger partial charge >= 0.3 is 0 Å². The van der Waals surface area contributed by atoms with E-state index in [0.717, 1.165) is 38.0 Å². The van der Waals surface area contributed by atoms with Crippen molar-refractivity contribution in [2.75, 3.05) is 20.1 Å². The van der Waals surface area contributed by atoms with Gasteiger partial charge in [0.15, 0.2) is 0 Å². The van der Waals surface area contributed by atoms with Crippen LogP contribution in [0.25, 0.3) is 0 Å². The molecule has 4 rings (SSSR count). The summed E-state index contributed by atoms with van der Waals surface area (Å²) in [5.41, 5.74) is 3.08. The minimum Gasteiger partial charge on any atom is -0.322 e. The minimum absolute atomic E-state index is 0.112. The molecule has 2 saturated heterocycles. The first kappa shape index (κ1) is 19.1. The van der Waals surface area contributed by atoms with Crippen molar-refractivity contribution in [1.29, 1.82) is 0 Å². The molecule has 28 heavy (non-hydrogen) atoms. The molecule has 0 spiro atoms. The number of hydrogen-bond donors (Lipinski definition) is 2. The summed E-state index contributed by atoms with van der Waals surface area (Å²) in [5.74, 6) is -0.735. The second-order valence-corrected chi connectivity index (χ2v) is 8.48. The molecule has 0 aromatic heterocycles. The number of piperidine rings is 2. The molecule has 2 fully saturated rings. The Morgan fingerprint density at radius 2 is 1.96 bits per heavy atom. The lowest BCUT2D eigenvalue weighted by molar-refractivity contribution is -0.136. The van der Waals surface area contributed by atoms with Gasteiger partial charge in [-0.25, -0.2) is 0 Å². The Morgan fingerprint density at radius 3 is 2.64 bits per heavy atom. The van der Waals surface area contributed by atoms with E-state index in [4.69, 9.17) is 0 Å². The van der Waals surface area contributed by atoms with Gasteiger partial charge in [-0.2, -0.15) is 0 Å². The van der Waals surface area contributed by atoms with Gasteiger partial charge in [0, 0.05) is 43.7 Å². The lowest BCUT2D eigenvalue weighted by Gasteiger charge is -2.39. The first-order valence-corrected chi connectivity index (χ1v) is 10.1. The highest BCUT2D eigenvalue weighted by molar-refractivity contribution is 6.05. The SMILES string of the molecule is CNC1(C)CCN(Cc2ccc3c(c2)CN(C2CCC(=O)NC2=O)C3=O)CC1. The van der Waals surface area contributed by atoms with Crippen LogP contribution in [0.4, 0.5) is 0 Å². The quantitative estimate of drug-likeness (QED) is 0.758. The summed E-state index contributed by atoms with van der Waals surface area (Å²) in [6, 6.07) is 5.46. The zero-order valence-electron chi connectivity index (χ0n) is 16.6. The molecule has 0 saturated carbocycles. The molecule has 0 aliphatic carbocycles. The average Bonchev–Trinajstić information content (AvgIpc) is 3.00. The van der Waals surface area contributed by atoms with Gasteiger partial charge in [-0.1, -0.05) is 12.1 Å². The standard InChI is InChI=1S/C21H28N4O3/c1-21(22-2)7-9-24(10-8-21)12-14-3-4-16-15(11-14)13-25(20(16)28)17-5-6-18(26)23-19(17)27/h3-4,11,17,22H,5-10,12-13H2,1-2H3,(H,23,26,27). The monoisotopic (exact) mass is 384 g/mol. The number of fused-ring (bicyclic) bond motifs is 1. The van der Waals surface area contributed by atoms with Crippen molar-refractivity contribution < 1.29 is 14.4 Å². The summed E-state index contributed by atoms with van der Waals surface area (Å²) < 4.78 is 0. The van der Waals surface area contributed by atoms with E-state index in [9.17, 15) is 14.4 Å². The van der Waals surface area contributed by atoms with Gasteiger partial charge in [0.2, 0.25) is 11.8 Å². The number of likely N-dealkylation sites (tertiary alicyclic amines) is 1. The van der Waals surface area contributed by atoms with Gasteiger partial charge in [0.1, 0.15) is 6.04 Å². The normalized spacial score (nSPS) is 25.0. The van der Waals surface area contributed by atoms with Gasteiger partial charge < -0.3 is 10.2 Å². The van der Waals surface area contributed by atoms with Crippen LogP contribution in [0.2, 0.25) is 0 Å². The maximum absolute atomic E-state index is 12.8. The highest BCUT2D eigenvalue weighted by Crippen LogP contribution is 2.29. The number of rotatable bonds is 4. The third-order valence-corrected chi connectivity index (χ3v) is 6.56. The molecule has 1 atom stereocenters. The molecule has 1 unspecified atom stereocenters. The molecule has 150 valence electrons. The fourth-order valence-electron chi connectivity index (χ4n) is 4.44. The molecule has 7 nitrogen and oxygen atoms in total. The van der Waals surface area contributed by atoms with Crippen LogP contribution in [0.15, 0.2) is 18.2 Å². The number of imide groups is 1. The molecule has 2 N–H and O–H groups in total. The Labute approximate surface area is 165 Å². The Morgan fingerprint density at radius 1 is 1.21 bits per heavy atom. The van der Waals surface area contributed by atoms with Gasteiger partial charge in [-0.05, 0) is 50.4 Å². The van der Waals surface area contributed by atoms with Crippen molar-refractivity contribution in [3.8, 4) is 0 Å². The Bertz CT molecular complexity index is 814. The third-order valence-electron chi connectivity index (χ3n) is 6.56. The molecule has 3 aliphatic heterocycles. The fourth-order valence-corrected chi connectivity index (χ4v) is 4.44. The first-order chi connectivity index (χ1) is 13.4. The summed E-state index contributed by atoms with van der Waals surface area (Å²) in [5, 5.41) is 5.77. The summed E-state index contributed by atoms with van der Waals surface area (Å²) in [6.07, 6.45) is 2.92. The van der Waals surface area contributed by atoms with Gasteiger partial charge in [0.05, 0.1) is 0 Å². The number of amides is 3. The lowest BCUT2D eigenvalue weighted by atomic mass is 9.89. The molecule has 1 aromatic carbocycles. The molecular formula is C21H28N4O3. The zero-order valence-corrected chi connectivity index (χ0v) is 16.6. The predicted molar refractivity (Wildman–Crippen MR) is 104 cm³/mol. The third kappa shape index (κ3) is 3.56.